The predicted molar refractivity (Wildman–Crippen MR) is 95.8 cm³/mol. The zero-order valence-electron chi connectivity index (χ0n) is 14.7. The van der Waals surface area contributed by atoms with Gasteiger partial charge in [-0.3, -0.25) is 4.99 Å². The number of anilines is 1. The third kappa shape index (κ3) is 4.03. The van der Waals surface area contributed by atoms with Crippen molar-refractivity contribution in [3.05, 3.63) is 18.2 Å². The highest BCUT2D eigenvalue weighted by Gasteiger charge is 2.42. The lowest BCUT2D eigenvalue weighted by Crippen LogP contribution is -2.38. The smallest absolute Gasteiger partial charge is 0.193 e. The van der Waals surface area contributed by atoms with E-state index in [1.165, 1.54) is 0 Å². The van der Waals surface area contributed by atoms with E-state index in [0.29, 0.717) is 51.3 Å². The summed E-state index contributed by atoms with van der Waals surface area (Å²) in [5.74, 6) is 1.31. The maximum atomic E-state index is 6.05. The Morgan fingerprint density at radius 2 is 1.96 bits per heavy atom. The quantitative estimate of drug-likeness (QED) is 0.620. The molecular formula is C18H25N3O5. The molecule has 0 aliphatic carbocycles. The highest BCUT2D eigenvalue weighted by molar-refractivity contribution is 5.92. The summed E-state index contributed by atoms with van der Waals surface area (Å²) >= 11 is 0. The van der Waals surface area contributed by atoms with Crippen LogP contribution in [0.4, 0.5) is 5.69 Å². The van der Waals surface area contributed by atoms with Gasteiger partial charge in [0, 0.05) is 31.0 Å². The summed E-state index contributed by atoms with van der Waals surface area (Å²) in [6.45, 7) is 3.63. The largest absolute Gasteiger partial charge is 0.490 e. The number of nitrogens with one attached hydrogen (secondary N) is 1. The lowest BCUT2D eigenvalue weighted by molar-refractivity contribution is -0.210. The van der Waals surface area contributed by atoms with Gasteiger partial charge in [-0.1, -0.05) is 0 Å². The van der Waals surface area contributed by atoms with E-state index in [4.69, 9.17) is 29.4 Å². The number of hydrogen-bond acceptors (Lipinski definition) is 6. The zero-order chi connectivity index (χ0) is 17.8. The van der Waals surface area contributed by atoms with Crippen molar-refractivity contribution in [3.8, 4) is 11.5 Å². The van der Waals surface area contributed by atoms with E-state index in [1.54, 1.807) is 0 Å². The van der Waals surface area contributed by atoms with E-state index in [2.05, 4.69) is 10.3 Å². The highest BCUT2D eigenvalue weighted by atomic mass is 16.7. The second kappa shape index (κ2) is 7.69. The third-order valence-corrected chi connectivity index (χ3v) is 4.65. The van der Waals surface area contributed by atoms with Crippen molar-refractivity contribution >= 4 is 11.6 Å². The first-order valence-corrected chi connectivity index (χ1v) is 9.09. The molecule has 3 N–H and O–H groups in total. The average Bonchev–Trinajstić information content (AvgIpc) is 2.88. The molecule has 0 radical (unpaired) electrons. The average molecular weight is 363 g/mol. The van der Waals surface area contributed by atoms with Gasteiger partial charge in [-0.25, -0.2) is 0 Å². The van der Waals surface area contributed by atoms with Crippen LogP contribution in [0.5, 0.6) is 11.5 Å². The fraction of sp³-hybridized carbons (Fsp3) is 0.611. The van der Waals surface area contributed by atoms with E-state index < -0.39 is 5.79 Å². The van der Waals surface area contributed by atoms with Gasteiger partial charge in [0.15, 0.2) is 23.2 Å². The van der Waals surface area contributed by atoms with Crippen molar-refractivity contribution in [2.75, 3.05) is 44.9 Å². The van der Waals surface area contributed by atoms with Gasteiger partial charge in [-0.2, -0.15) is 0 Å². The Morgan fingerprint density at radius 3 is 2.81 bits per heavy atom. The molecule has 2 fully saturated rings. The topological polar surface area (TPSA) is 96.6 Å². The maximum absolute atomic E-state index is 6.05. The molecule has 26 heavy (non-hydrogen) atoms. The van der Waals surface area contributed by atoms with Crippen molar-refractivity contribution in [2.45, 2.75) is 31.2 Å². The van der Waals surface area contributed by atoms with Gasteiger partial charge in [0.05, 0.1) is 39.6 Å². The van der Waals surface area contributed by atoms with Crippen molar-refractivity contribution in [2.24, 2.45) is 10.7 Å². The number of rotatable bonds is 3. The normalized spacial score (nSPS) is 25.1. The van der Waals surface area contributed by atoms with Crippen LogP contribution < -0.4 is 20.5 Å². The molecule has 1 atom stereocenters. The third-order valence-electron chi connectivity index (χ3n) is 4.65. The molecule has 1 spiro atoms. The fourth-order valence-corrected chi connectivity index (χ4v) is 3.28. The minimum Gasteiger partial charge on any atom is -0.490 e. The summed E-state index contributed by atoms with van der Waals surface area (Å²) in [4.78, 5) is 4.39. The zero-order valence-corrected chi connectivity index (χ0v) is 14.7. The molecule has 3 aliphatic rings. The lowest BCUT2D eigenvalue weighted by atomic mass is 10.1. The van der Waals surface area contributed by atoms with Crippen LogP contribution >= 0.6 is 0 Å². The van der Waals surface area contributed by atoms with Crippen LogP contribution in [0.25, 0.3) is 0 Å². The molecule has 0 amide bonds. The van der Waals surface area contributed by atoms with Gasteiger partial charge in [-0.15, -0.1) is 0 Å². The predicted octanol–water partition coefficient (Wildman–Crippen LogP) is 1.50. The van der Waals surface area contributed by atoms with Crippen LogP contribution in [-0.2, 0) is 14.2 Å². The summed E-state index contributed by atoms with van der Waals surface area (Å²) in [7, 11) is 0. The van der Waals surface area contributed by atoms with Crippen LogP contribution in [0.2, 0.25) is 0 Å². The Labute approximate surface area is 152 Å². The van der Waals surface area contributed by atoms with Crippen LogP contribution in [0.1, 0.15) is 19.3 Å². The van der Waals surface area contributed by atoms with E-state index in [9.17, 15) is 0 Å². The molecule has 0 saturated carbocycles. The Hall–Kier alpha value is -2.03. The SMILES string of the molecule is NC(=NCC1COC2(CCOCC2)O1)Nc1ccc2c(c1)OCCCO2. The Kier molecular flexibility index (Phi) is 5.14. The molecule has 4 rings (SSSR count). The molecule has 0 aromatic heterocycles. The molecule has 1 aromatic rings. The molecule has 8 nitrogen and oxygen atoms in total. The number of nitrogens with zero attached hydrogens (tertiary/aromatic N) is 1. The van der Waals surface area contributed by atoms with E-state index in [0.717, 1.165) is 30.7 Å². The molecular weight excluding hydrogens is 338 g/mol. The fourth-order valence-electron chi connectivity index (χ4n) is 3.28. The number of fused-ring (bicyclic) bond motifs is 1. The van der Waals surface area contributed by atoms with Crippen molar-refractivity contribution < 1.29 is 23.7 Å². The second-order valence-electron chi connectivity index (χ2n) is 6.64. The highest BCUT2D eigenvalue weighted by Crippen LogP contribution is 2.34. The van der Waals surface area contributed by atoms with Gasteiger partial charge < -0.3 is 34.7 Å². The molecule has 1 unspecified atom stereocenters. The molecule has 2 saturated heterocycles. The summed E-state index contributed by atoms with van der Waals surface area (Å²) in [6.07, 6.45) is 2.31. The first-order valence-electron chi connectivity index (χ1n) is 9.09. The van der Waals surface area contributed by atoms with Crippen molar-refractivity contribution in [3.63, 3.8) is 0 Å². The molecule has 0 bridgehead atoms. The summed E-state index contributed by atoms with van der Waals surface area (Å²) in [6, 6.07) is 5.64. The van der Waals surface area contributed by atoms with Crippen molar-refractivity contribution in [1.82, 2.24) is 0 Å². The van der Waals surface area contributed by atoms with E-state index >= 15 is 0 Å². The minimum absolute atomic E-state index is 0.0859. The van der Waals surface area contributed by atoms with Gasteiger partial charge in [-0.05, 0) is 12.1 Å². The number of benzene rings is 1. The van der Waals surface area contributed by atoms with Gasteiger partial charge in [0.25, 0.3) is 0 Å². The van der Waals surface area contributed by atoms with Gasteiger partial charge in [0.1, 0.15) is 6.10 Å². The number of nitrogens with two attached hydrogens (primary N) is 1. The van der Waals surface area contributed by atoms with Gasteiger partial charge >= 0.3 is 0 Å². The Morgan fingerprint density at radius 1 is 1.15 bits per heavy atom. The standard InChI is InChI=1S/C18H25N3O5/c19-17(20-11-14-12-25-18(26-14)4-8-22-9-5-18)21-13-2-3-15-16(10-13)24-7-1-6-23-15/h2-3,10,14H,1,4-9,11-12H2,(H3,19,20,21). The molecule has 8 heteroatoms. The number of guanidine groups is 1. The molecule has 142 valence electrons. The van der Waals surface area contributed by atoms with E-state index in [-0.39, 0.29) is 6.10 Å². The minimum atomic E-state index is -0.491. The molecule has 3 heterocycles. The summed E-state index contributed by atoms with van der Waals surface area (Å²) < 4.78 is 28.6. The summed E-state index contributed by atoms with van der Waals surface area (Å²) in [5, 5.41) is 3.08. The first-order chi connectivity index (χ1) is 12.7. The number of aliphatic imine (C=N–C) groups is 1. The van der Waals surface area contributed by atoms with Crippen LogP contribution in [0, 0.1) is 0 Å². The number of ether oxygens (including phenoxy) is 5. The van der Waals surface area contributed by atoms with Crippen LogP contribution in [-0.4, -0.2) is 57.4 Å². The van der Waals surface area contributed by atoms with Crippen LogP contribution in [0.15, 0.2) is 23.2 Å². The molecule has 3 aliphatic heterocycles. The maximum Gasteiger partial charge on any atom is 0.193 e. The van der Waals surface area contributed by atoms with Crippen LogP contribution in [0.3, 0.4) is 0 Å². The second-order valence-corrected chi connectivity index (χ2v) is 6.64. The Bertz CT molecular complexity index is 660. The first kappa shape index (κ1) is 17.4. The van der Waals surface area contributed by atoms with E-state index in [1.807, 2.05) is 18.2 Å². The van der Waals surface area contributed by atoms with Crippen molar-refractivity contribution in [1.29, 1.82) is 0 Å². The lowest BCUT2D eigenvalue weighted by Gasteiger charge is -2.31. The van der Waals surface area contributed by atoms with Gasteiger partial charge in [0.2, 0.25) is 0 Å². The Balaban J connectivity index is 1.32. The number of hydrogen-bond donors (Lipinski definition) is 2. The summed E-state index contributed by atoms with van der Waals surface area (Å²) in [5.41, 5.74) is 6.82. The molecule has 1 aromatic carbocycles. The monoisotopic (exact) mass is 363 g/mol.